The maximum atomic E-state index is 12.8. The fraction of sp³-hybridized carbons (Fsp3) is 0.776. The van der Waals surface area contributed by atoms with Crippen molar-refractivity contribution in [1.29, 1.82) is 0 Å². The molecule has 0 bridgehead atoms. The molecule has 0 fully saturated rings. The van der Waals surface area contributed by atoms with Crippen molar-refractivity contribution in [3.05, 3.63) is 60.8 Å². The molecular weight excluding hydrogens is 839 g/mol. The molecule has 388 valence electrons. The van der Waals surface area contributed by atoms with E-state index in [9.17, 15) is 19.5 Å². The molecule has 0 spiro atoms. The van der Waals surface area contributed by atoms with Crippen LogP contribution in [-0.2, 0) is 33.3 Å². The Morgan fingerprint density at radius 2 is 0.851 bits per heavy atom. The van der Waals surface area contributed by atoms with Crippen LogP contribution in [-0.4, -0.2) is 87.4 Å². The number of rotatable bonds is 50. The van der Waals surface area contributed by atoms with E-state index in [1.807, 2.05) is 21.1 Å². The van der Waals surface area contributed by atoms with Gasteiger partial charge >= 0.3 is 17.9 Å². The summed E-state index contributed by atoms with van der Waals surface area (Å²) in [5, 5.41) is 9.68. The van der Waals surface area contributed by atoms with E-state index >= 15 is 0 Å². The molecule has 0 saturated carbocycles. The second kappa shape index (κ2) is 49.4. The summed E-state index contributed by atoms with van der Waals surface area (Å²) in [7, 11) is 5.96. The van der Waals surface area contributed by atoms with Crippen molar-refractivity contribution in [2.75, 3.05) is 47.5 Å². The molecule has 9 nitrogen and oxygen atoms in total. The molecule has 0 aliphatic rings. The van der Waals surface area contributed by atoms with E-state index in [1.54, 1.807) is 0 Å². The van der Waals surface area contributed by atoms with E-state index in [4.69, 9.17) is 18.9 Å². The number of carboxylic acid groups (broad SMARTS) is 1. The van der Waals surface area contributed by atoms with Crippen molar-refractivity contribution in [1.82, 2.24) is 0 Å². The largest absolute Gasteiger partial charge is 0.477 e. The third-order valence-corrected chi connectivity index (χ3v) is 11.8. The van der Waals surface area contributed by atoms with E-state index in [2.05, 4.69) is 74.6 Å². The Hall–Kier alpha value is -3.01. The number of esters is 2. The Kier molecular flexibility index (Phi) is 47.2. The molecule has 0 amide bonds. The lowest BCUT2D eigenvalue weighted by atomic mass is 10.0. The number of likely N-dealkylation sites (N-methyl/N-ethyl adjacent to an activating group) is 1. The average molecular weight is 943 g/mol. The molecule has 9 heteroatoms. The van der Waals surface area contributed by atoms with Gasteiger partial charge in [-0.05, 0) is 57.8 Å². The van der Waals surface area contributed by atoms with Gasteiger partial charge in [0.15, 0.2) is 6.10 Å². The summed E-state index contributed by atoms with van der Waals surface area (Å²) in [6, 6.07) is 0. The predicted molar refractivity (Wildman–Crippen MR) is 281 cm³/mol. The summed E-state index contributed by atoms with van der Waals surface area (Å²) in [6.45, 7) is 4.77. The van der Waals surface area contributed by atoms with Crippen LogP contribution in [0.1, 0.15) is 232 Å². The van der Waals surface area contributed by atoms with Crippen LogP contribution in [0.4, 0.5) is 0 Å². The number of hydrogen-bond acceptors (Lipinski definition) is 7. The quantitative estimate of drug-likeness (QED) is 0.0211. The van der Waals surface area contributed by atoms with E-state index in [0.29, 0.717) is 17.4 Å². The molecule has 1 N–H and O–H groups in total. The van der Waals surface area contributed by atoms with Crippen molar-refractivity contribution in [3.63, 3.8) is 0 Å². The fourth-order valence-electron chi connectivity index (χ4n) is 7.57. The van der Waals surface area contributed by atoms with Gasteiger partial charge in [-0.25, -0.2) is 4.79 Å². The van der Waals surface area contributed by atoms with E-state index < -0.39 is 24.3 Å². The first-order valence-corrected chi connectivity index (χ1v) is 27.5. The predicted octanol–water partition coefficient (Wildman–Crippen LogP) is 15.7. The number of aliphatic carboxylic acids is 1. The zero-order chi connectivity index (χ0) is 49.2. The second-order valence-corrected chi connectivity index (χ2v) is 19.5. The van der Waals surface area contributed by atoms with Crippen LogP contribution in [0.3, 0.4) is 0 Å². The standard InChI is InChI=1S/C58H103NO8/c1-6-8-10-12-14-16-18-20-21-22-23-24-25-26-27-28-29-30-31-32-33-34-35-37-39-41-43-45-47-49-56(61)67-54(53-66-58(57(62)63)64-51-50-59(3,4)5)52-65-55(60)48-46-44-42-40-38-36-19-17-15-13-11-9-7-2/h8,10,14,16,20-21,23-24,26-27,54,58H,6-7,9,11-13,15,17-19,22,25,28-53H2,1-5H3/p+1/b10-8-,16-14-,21-20-,24-23-,27-26-. The molecule has 0 rings (SSSR count). The Labute approximate surface area is 412 Å². The van der Waals surface area contributed by atoms with Gasteiger partial charge in [-0.3, -0.25) is 9.59 Å². The topological polar surface area (TPSA) is 108 Å². The molecule has 0 aliphatic heterocycles. The smallest absolute Gasteiger partial charge is 0.361 e. The highest BCUT2D eigenvalue weighted by Gasteiger charge is 2.25. The molecule has 0 aromatic heterocycles. The Balaban J connectivity index is 4.19. The maximum Gasteiger partial charge on any atom is 0.361 e. The van der Waals surface area contributed by atoms with Gasteiger partial charge in [-0.1, -0.05) is 222 Å². The van der Waals surface area contributed by atoms with Crippen molar-refractivity contribution >= 4 is 17.9 Å². The first-order chi connectivity index (χ1) is 32.6. The van der Waals surface area contributed by atoms with Crippen LogP contribution in [0.2, 0.25) is 0 Å². The van der Waals surface area contributed by atoms with Crippen LogP contribution in [0.5, 0.6) is 0 Å². The molecule has 0 saturated heterocycles. The van der Waals surface area contributed by atoms with Crippen LogP contribution in [0, 0.1) is 0 Å². The monoisotopic (exact) mass is 943 g/mol. The molecule has 0 aliphatic carbocycles. The highest BCUT2D eigenvalue weighted by molar-refractivity contribution is 5.71. The minimum atomic E-state index is -1.51. The summed E-state index contributed by atoms with van der Waals surface area (Å²) < 4.78 is 22.8. The summed E-state index contributed by atoms with van der Waals surface area (Å²) in [5.41, 5.74) is 0. The Morgan fingerprint density at radius 1 is 0.463 bits per heavy atom. The SMILES string of the molecule is CC/C=C\C/C=C\C/C=C\C/C=C\C/C=C\CCCCCCCCCCCCCCCC(=O)OC(COC(=O)CCCCCCCCCCCCCCC)COC(OCC[N+](C)(C)C)C(=O)O. The first-order valence-electron chi connectivity index (χ1n) is 27.5. The van der Waals surface area contributed by atoms with Gasteiger partial charge in [0, 0.05) is 12.8 Å². The minimum Gasteiger partial charge on any atom is -0.477 e. The molecule has 0 aromatic rings. The summed E-state index contributed by atoms with van der Waals surface area (Å²) in [5.74, 6) is -2.00. The van der Waals surface area contributed by atoms with Crippen LogP contribution in [0.15, 0.2) is 60.8 Å². The normalized spacial score (nSPS) is 13.3. The lowest BCUT2D eigenvalue weighted by molar-refractivity contribution is -0.870. The number of carbonyl (C=O) groups is 3. The van der Waals surface area contributed by atoms with Gasteiger partial charge in [-0.2, -0.15) is 0 Å². The zero-order valence-corrected chi connectivity index (χ0v) is 44.1. The second-order valence-electron chi connectivity index (χ2n) is 19.5. The molecule has 67 heavy (non-hydrogen) atoms. The molecule has 2 unspecified atom stereocenters. The number of ether oxygens (including phenoxy) is 4. The molecule has 0 aromatic carbocycles. The van der Waals surface area contributed by atoms with Gasteiger partial charge in [0.25, 0.3) is 6.29 Å². The van der Waals surface area contributed by atoms with Crippen molar-refractivity contribution in [3.8, 4) is 0 Å². The van der Waals surface area contributed by atoms with E-state index in [1.165, 1.54) is 135 Å². The average Bonchev–Trinajstić information content (AvgIpc) is 3.29. The number of quaternary nitrogens is 1. The zero-order valence-electron chi connectivity index (χ0n) is 44.1. The molecule has 2 atom stereocenters. The summed E-state index contributed by atoms with van der Waals surface area (Å²) in [4.78, 5) is 37.3. The highest BCUT2D eigenvalue weighted by atomic mass is 16.7. The van der Waals surface area contributed by atoms with Crippen LogP contribution in [0.25, 0.3) is 0 Å². The van der Waals surface area contributed by atoms with Crippen molar-refractivity contribution in [2.45, 2.75) is 245 Å². The third kappa shape index (κ3) is 50.7. The maximum absolute atomic E-state index is 12.8. The number of allylic oxidation sites excluding steroid dienone is 10. The third-order valence-electron chi connectivity index (χ3n) is 11.8. The number of nitrogens with zero attached hydrogens (tertiary/aromatic N) is 1. The Morgan fingerprint density at radius 3 is 1.27 bits per heavy atom. The van der Waals surface area contributed by atoms with Crippen LogP contribution >= 0.6 is 0 Å². The highest BCUT2D eigenvalue weighted by Crippen LogP contribution is 2.16. The molecule has 0 heterocycles. The summed E-state index contributed by atoms with van der Waals surface area (Å²) in [6.07, 6.45) is 58.6. The minimum absolute atomic E-state index is 0.181. The number of carboxylic acids is 1. The van der Waals surface area contributed by atoms with Gasteiger partial charge in [0.2, 0.25) is 0 Å². The van der Waals surface area contributed by atoms with Gasteiger partial charge in [0.1, 0.15) is 13.2 Å². The van der Waals surface area contributed by atoms with E-state index in [0.717, 1.165) is 70.6 Å². The fourth-order valence-corrected chi connectivity index (χ4v) is 7.57. The van der Waals surface area contributed by atoms with Gasteiger partial charge in [0.05, 0.1) is 34.4 Å². The molecular formula is C58H104NO8+. The number of hydrogen-bond donors (Lipinski definition) is 1. The Bertz CT molecular complexity index is 1280. The first kappa shape index (κ1) is 64.0. The summed E-state index contributed by atoms with van der Waals surface area (Å²) >= 11 is 0. The van der Waals surface area contributed by atoms with E-state index in [-0.39, 0.29) is 32.2 Å². The van der Waals surface area contributed by atoms with Gasteiger partial charge in [-0.15, -0.1) is 0 Å². The molecule has 0 radical (unpaired) electrons. The van der Waals surface area contributed by atoms with Gasteiger partial charge < -0.3 is 28.5 Å². The van der Waals surface area contributed by atoms with Crippen LogP contribution < -0.4 is 0 Å². The lowest BCUT2D eigenvalue weighted by Gasteiger charge is -2.25. The lowest BCUT2D eigenvalue weighted by Crippen LogP contribution is -2.40. The van der Waals surface area contributed by atoms with Crippen molar-refractivity contribution in [2.24, 2.45) is 0 Å². The number of carbonyl (C=O) groups excluding carboxylic acids is 2. The van der Waals surface area contributed by atoms with Crippen molar-refractivity contribution < 1.29 is 42.9 Å². The number of unbranched alkanes of at least 4 members (excludes halogenated alkanes) is 25.